The summed E-state index contributed by atoms with van der Waals surface area (Å²) in [5, 5.41) is 3.88. The minimum absolute atomic E-state index is 0.548. The molecule has 0 saturated carbocycles. The average molecular weight is 244 g/mol. The Morgan fingerprint density at radius 3 is 2.56 bits per heavy atom. The van der Waals surface area contributed by atoms with Gasteiger partial charge in [0.15, 0.2) is 5.82 Å². The molecular weight excluding hydrogens is 224 g/mol. The van der Waals surface area contributed by atoms with Crippen molar-refractivity contribution < 1.29 is 4.52 Å². The van der Waals surface area contributed by atoms with Crippen molar-refractivity contribution in [1.82, 2.24) is 5.16 Å². The lowest BCUT2D eigenvalue weighted by Crippen LogP contribution is -2.01. The van der Waals surface area contributed by atoms with E-state index in [0.717, 1.165) is 30.6 Å². The van der Waals surface area contributed by atoms with Crippen molar-refractivity contribution in [2.45, 2.75) is 33.1 Å². The molecule has 0 unspecified atom stereocenters. The number of aryl methyl sites for hydroxylation is 2. The van der Waals surface area contributed by atoms with E-state index < -0.39 is 0 Å². The molecule has 0 radical (unpaired) electrons. The first-order chi connectivity index (χ1) is 8.66. The molecule has 0 aliphatic rings. The Morgan fingerprint density at radius 2 is 1.89 bits per heavy atom. The van der Waals surface area contributed by atoms with Gasteiger partial charge in [0.25, 0.3) is 0 Å². The number of hydrogen-bond acceptors (Lipinski definition) is 3. The molecule has 1 aromatic carbocycles. The Bertz CT molecular complexity index is 488. The molecule has 96 valence electrons. The predicted molar refractivity (Wildman–Crippen MR) is 73.3 cm³/mol. The van der Waals surface area contributed by atoms with Crippen LogP contribution in [0.4, 0.5) is 5.82 Å². The third kappa shape index (κ3) is 3.13. The van der Waals surface area contributed by atoms with E-state index in [0.29, 0.717) is 11.7 Å². The highest BCUT2D eigenvalue weighted by Crippen LogP contribution is 2.21. The van der Waals surface area contributed by atoms with Gasteiger partial charge >= 0.3 is 0 Å². The minimum atomic E-state index is 0.548. The van der Waals surface area contributed by atoms with Gasteiger partial charge in [-0.05, 0) is 24.3 Å². The van der Waals surface area contributed by atoms with E-state index in [4.69, 9.17) is 10.3 Å². The maximum atomic E-state index is 5.85. The molecule has 0 amide bonds. The van der Waals surface area contributed by atoms with Crippen LogP contribution in [0.25, 0.3) is 0 Å². The number of nitrogens with two attached hydrogens (primary N) is 1. The van der Waals surface area contributed by atoms with E-state index in [1.807, 2.05) is 6.07 Å². The van der Waals surface area contributed by atoms with E-state index >= 15 is 0 Å². The highest BCUT2D eigenvalue weighted by Gasteiger charge is 2.14. The number of aromatic nitrogens is 1. The monoisotopic (exact) mass is 244 g/mol. The van der Waals surface area contributed by atoms with Gasteiger partial charge < -0.3 is 10.3 Å². The maximum absolute atomic E-state index is 5.85. The summed E-state index contributed by atoms with van der Waals surface area (Å²) in [6, 6.07) is 10.4. The van der Waals surface area contributed by atoms with Gasteiger partial charge in [0.2, 0.25) is 0 Å². The van der Waals surface area contributed by atoms with Gasteiger partial charge in [0, 0.05) is 12.0 Å². The second-order valence-electron chi connectivity index (χ2n) is 5.05. The Kier molecular flexibility index (Phi) is 4.03. The molecule has 2 aromatic rings. The molecule has 3 heteroatoms. The average Bonchev–Trinajstić information content (AvgIpc) is 2.69. The van der Waals surface area contributed by atoms with Gasteiger partial charge in [0.1, 0.15) is 5.76 Å². The number of anilines is 1. The van der Waals surface area contributed by atoms with Crippen molar-refractivity contribution in [3.8, 4) is 0 Å². The maximum Gasteiger partial charge on any atom is 0.170 e. The van der Waals surface area contributed by atoms with Gasteiger partial charge in [0.05, 0.1) is 0 Å². The van der Waals surface area contributed by atoms with E-state index in [1.54, 1.807) is 0 Å². The Balaban J connectivity index is 2.05. The molecule has 3 nitrogen and oxygen atoms in total. The Labute approximate surface area is 108 Å². The molecule has 0 spiro atoms. The molecule has 0 bridgehead atoms. The van der Waals surface area contributed by atoms with Crippen LogP contribution in [0, 0.1) is 5.92 Å². The summed E-state index contributed by atoms with van der Waals surface area (Å²) in [7, 11) is 0. The molecule has 18 heavy (non-hydrogen) atoms. The lowest BCUT2D eigenvalue weighted by molar-refractivity contribution is 0.383. The molecule has 1 heterocycles. The second kappa shape index (κ2) is 5.71. The summed E-state index contributed by atoms with van der Waals surface area (Å²) < 4.78 is 5.34. The van der Waals surface area contributed by atoms with Crippen LogP contribution < -0.4 is 5.73 Å². The zero-order valence-electron chi connectivity index (χ0n) is 11.0. The van der Waals surface area contributed by atoms with Gasteiger partial charge in [-0.2, -0.15) is 0 Å². The molecule has 0 saturated heterocycles. The number of benzene rings is 1. The van der Waals surface area contributed by atoms with Crippen LogP contribution in [0.3, 0.4) is 0 Å². The van der Waals surface area contributed by atoms with Crippen molar-refractivity contribution in [3.63, 3.8) is 0 Å². The molecular formula is C15H20N2O. The highest BCUT2D eigenvalue weighted by molar-refractivity contribution is 5.41. The van der Waals surface area contributed by atoms with Crippen molar-refractivity contribution in [2.24, 2.45) is 5.92 Å². The third-order valence-corrected chi connectivity index (χ3v) is 3.00. The van der Waals surface area contributed by atoms with Crippen molar-refractivity contribution in [2.75, 3.05) is 5.73 Å². The van der Waals surface area contributed by atoms with Crippen molar-refractivity contribution >= 4 is 5.82 Å². The summed E-state index contributed by atoms with van der Waals surface area (Å²) in [4.78, 5) is 0. The van der Waals surface area contributed by atoms with E-state index in [1.165, 1.54) is 5.56 Å². The highest BCUT2D eigenvalue weighted by atomic mass is 16.5. The van der Waals surface area contributed by atoms with Crippen LogP contribution in [0.1, 0.15) is 30.7 Å². The van der Waals surface area contributed by atoms with Crippen LogP contribution in [-0.4, -0.2) is 5.16 Å². The minimum Gasteiger partial charge on any atom is -0.381 e. The predicted octanol–water partition coefficient (Wildman–Crippen LogP) is 3.24. The molecule has 1 aromatic heterocycles. The lowest BCUT2D eigenvalue weighted by atomic mass is 10.00. The fraction of sp³-hybridized carbons (Fsp3) is 0.400. The summed E-state index contributed by atoms with van der Waals surface area (Å²) in [5.41, 5.74) is 8.25. The fourth-order valence-electron chi connectivity index (χ4n) is 2.08. The molecule has 0 aliphatic heterocycles. The van der Waals surface area contributed by atoms with Crippen molar-refractivity contribution in [1.29, 1.82) is 0 Å². The van der Waals surface area contributed by atoms with Crippen LogP contribution in [0.5, 0.6) is 0 Å². The van der Waals surface area contributed by atoms with Gasteiger partial charge in [-0.1, -0.05) is 49.3 Å². The van der Waals surface area contributed by atoms with E-state index in [2.05, 4.69) is 43.3 Å². The molecule has 2 rings (SSSR count). The van der Waals surface area contributed by atoms with Gasteiger partial charge in [-0.15, -0.1) is 0 Å². The second-order valence-corrected chi connectivity index (χ2v) is 5.05. The topological polar surface area (TPSA) is 52.0 Å². The zero-order chi connectivity index (χ0) is 13.0. The largest absolute Gasteiger partial charge is 0.381 e. The van der Waals surface area contributed by atoms with Crippen LogP contribution in [-0.2, 0) is 19.3 Å². The van der Waals surface area contributed by atoms with Crippen molar-refractivity contribution in [3.05, 3.63) is 47.2 Å². The first-order valence-electron chi connectivity index (χ1n) is 6.43. The summed E-state index contributed by atoms with van der Waals surface area (Å²) in [5.74, 6) is 2.04. The SMILES string of the molecule is CC(C)Cc1c(N)noc1CCc1ccccc1. The number of nitrogens with zero attached hydrogens (tertiary/aromatic N) is 1. The quantitative estimate of drug-likeness (QED) is 0.878. The van der Waals surface area contributed by atoms with Crippen LogP contribution in [0.2, 0.25) is 0 Å². The van der Waals surface area contributed by atoms with E-state index in [9.17, 15) is 0 Å². The first kappa shape index (κ1) is 12.7. The lowest BCUT2D eigenvalue weighted by Gasteiger charge is -2.05. The Hall–Kier alpha value is -1.77. The number of hydrogen-bond donors (Lipinski definition) is 1. The molecule has 2 N–H and O–H groups in total. The summed E-state index contributed by atoms with van der Waals surface area (Å²) in [6.07, 6.45) is 2.75. The van der Waals surface area contributed by atoms with Gasteiger partial charge in [-0.3, -0.25) is 0 Å². The molecule has 0 atom stereocenters. The fourth-order valence-corrected chi connectivity index (χ4v) is 2.08. The number of nitrogen functional groups attached to an aromatic ring is 1. The normalized spacial score (nSPS) is 11.1. The third-order valence-electron chi connectivity index (χ3n) is 3.00. The Morgan fingerprint density at radius 1 is 1.17 bits per heavy atom. The first-order valence-corrected chi connectivity index (χ1v) is 6.43. The van der Waals surface area contributed by atoms with Crippen LogP contribution in [0.15, 0.2) is 34.9 Å². The standard InChI is InChI=1S/C15H20N2O/c1-11(2)10-13-14(18-17-15(13)16)9-8-12-6-4-3-5-7-12/h3-7,11H,8-10H2,1-2H3,(H2,16,17). The van der Waals surface area contributed by atoms with Gasteiger partial charge in [-0.25, -0.2) is 0 Å². The molecule has 0 aliphatic carbocycles. The van der Waals surface area contributed by atoms with Crippen LogP contribution >= 0.6 is 0 Å². The molecule has 0 fully saturated rings. The summed E-state index contributed by atoms with van der Waals surface area (Å²) >= 11 is 0. The zero-order valence-corrected chi connectivity index (χ0v) is 11.0. The smallest absolute Gasteiger partial charge is 0.170 e. The summed E-state index contributed by atoms with van der Waals surface area (Å²) in [6.45, 7) is 4.35. The van der Waals surface area contributed by atoms with E-state index in [-0.39, 0.29) is 0 Å². The number of rotatable bonds is 5.